The molecule has 4 heteroatoms. The largest absolute Gasteiger partial charge is 0.508 e. The number of rotatable bonds is 4. The molecule has 2 N–H and O–H groups in total. The Bertz CT molecular complexity index is 570. The van der Waals surface area contributed by atoms with Crippen LogP contribution in [-0.2, 0) is 6.54 Å². The third-order valence-electron chi connectivity index (χ3n) is 2.83. The Labute approximate surface area is 118 Å². The van der Waals surface area contributed by atoms with Gasteiger partial charge in [0.15, 0.2) is 0 Å². The molecule has 0 heterocycles. The van der Waals surface area contributed by atoms with Crippen molar-refractivity contribution in [2.24, 2.45) is 0 Å². The van der Waals surface area contributed by atoms with E-state index in [0.29, 0.717) is 11.6 Å². The zero-order valence-electron chi connectivity index (χ0n) is 11.0. The van der Waals surface area contributed by atoms with E-state index in [1.165, 1.54) is 0 Å². The van der Waals surface area contributed by atoms with Crippen LogP contribution in [0.5, 0.6) is 5.75 Å². The van der Waals surface area contributed by atoms with Crippen LogP contribution in [0.15, 0.2) is 42.5 Å². The second-order valence-electron chi connectivity index (χ2n) is 4.58. The number of nitrogens with zero attached hydrogens (tertiary/aromatic N) is 1. The lowest BCUT2D eigenvalue weighted by molar-refractivity contribution is 0.474. The van der Waals surface area contributed by atoms with E-state index in [1.54, 1.807) is 12.1 Å². The van der Waals surface area contributed by atoms with Gasteiger partial charge in [-0.2, -0.15) is 0 Å². The molecule has 0 aromatic heterocycles. The highest BCUT2D eigenvalue weighted by Crippen LogP contribution is 2.28. The van der Waals surface area contributed by atoms with E-state index in [9.17, 15) is 5.11 Å². The molecule has 0 aliphatic heterocycles. The molecule has 3 nitrogen and oxygen atoms in total. The third-order valence-corrected chi connectivity index (χ3v) is 3.07. The van der Waals surface area contributed by atoms with Crippen molar-refractivity contribution >= 4 is 23.0 Å². The Morgan fingerprint density at radius 3 is 2.63 bits per heavy atom. The van der Waals surface area contributed by atoms with Gasteiger partial charge in [-0.1, -0.05) is 23.7 Å². The molecule has 0 fully saturated rings. The molecule has 2 rings (SSSR count). The van der Waals surface area contributed by atoms with Crippen LogP contribution in [0, 0.1) is 0 Å². The molecule has 0 aliphatic rings. The lowest BCUT2D eigenvalue weighted by Crippen LogP contribution is -2.12. The Hall–Kier alpha value is -1.87. The molecule has 2 aromatic carbocycles. The van der Waals surface area contributed by atoms with Crippen molar-refractivity contribution < 1.29 is 5.11 Å². The van der Waals surface area contributed by atoms with Gasteiger partial charge in [-0.3, -0.25) is 0 Å². The van der Waals surface area contributed by atoms with Gasteiger partial charge >= 0.3 is 0 Å². The summed E-state index contributed by atoms with van der Waals surface area (Å²) >= 11 is 6.03. The number of halogens is 1. The van der Waals surface area contributed by atoms with E-state index in [2.05, 4.69) is 5.32 Å². The smallest absolute Gasteiger partial charge is 0.115 e. The van der Waals surface area contributed by atoms with Gasteiger partial charge in [0.25, 0.3) is 0 Å². The highest BCUT2D eigenvalue weighted by Gasteiger charge is 2.05. The molecule has 100 valence electrons. The van der Waals surface area contributed by atoms with Crippen molar-refractivity contribution in [2.75, 3.05) is 24.3 Å². The summed E-state index contributed by atoms with van der Waals surface area (Å²) in [6.07, 6.45) is 0. The molecule has 0 amide bonds. The van der Waals surface area contributed by atoms with Crippen molar-refractivity contribution in [2.45, 2.75) is 6.54 Å². The summed E-state index contributed by atoms with van der Waals surface area (Å²) in [5, 5.41) is 13.5. The SMILES string of the molecule is CN(C)c1ccc(Cl)cc1NCc1cccc(O)c1. The Kier molecular flexibility index (Phi) is 4.17. The van der Waals surface area contributed by atoms with Crippen molar-refractivity contribution in [3.05, 3.63) is 53.1 Å². The van der Waals surface area contributed by atoms with Crippen LogP contribution in [-0.4, -0.2) is 19.2 Å². The molecule has 2 aromatic rings. The maximum Gasteiger partial charge on any atom is 0.115 e. The van der Waals surface area contributed by atoms with Gasteiger partial charge in [0.1, 0.15) is 5.75 Å². The predicted molar refractivity (Wildman–Crippen MR) is 81.2 cm³/mol. The molecule has 0 aliphatic carbocycles. The lowest BCUT2D eigenvalue weighted by atomic mass is 10.2. The van der Waals surface area contributed by atoms with Crippen molar-refractivity contribution in [1.29, 1.82) is 0 Å². The molecule has 0 spiro atoms. The summed E-state index contributed by atoms with van der Waals surface area (Å²) in [5.41, 5.74) is 3.06. The van der Waals surface area contributed by atoms with Gasteiger partial charge in [-0.05, 0) is 35.9 Å². The number of benzene rings is 2. The van der Waals surface area contributed by atoms with Gasteiger partial charge in [0.2, 0.25) is 0 Å². The first-order chi connectivity index (χ1) is 9.06. The Balaban J connectivity index is 2.17. The average Bonchev–Trinajstić information content (AvgIpc) is 2.36. The molecule has 0 unspecified atom stereocenters. The number of hydrogen-bond acceptors (Lipinski definition) is 3. The monoisotopic (exact) mass is 276 g/mol. The quantitative estimate of drug-likeness (QED) is 0.893. The van der Waals surface area contributed by atoms with E-state index in [-0.39, 0.29) is 5.75 Å². The van der Waals surface area contributed by atoms with E-state index in [1.807, 2.05) is 49.3 Å². The second kappa shape index (κ2) is 5.85. The van der Waals surface area contributed by atoms with Crippen molar-refractivity contribution in [3.8, 4) is 5.75 Å². The standard InChI is InChI=1S/C15H17ClN2O/c1-18(2)15-7-6-12(16)9-14(15)17-10-11-4-3-5-13(19)8-11/h3-9,17,19H,10H2,1-2H3. The minimum absolute atomic E-state index is 0.276. The number of phenols is 1. The summed E-state index contributed by atoms with van der Waals surface area (Å²) in [6.45, 7) is 0.635. The highest BCUT2D eigenvalue weighted by atomic mass is 35.5. The van der Waals surface area contributed by atoms with Crippen molar-refractivity contribution in [1.82, 2.24) is 0 Å². The predicted octanol–water partition coefficient (Wildman–Crippen LogP) is 3.72. The normalized spacial score (nSPS) is 10.3. The zero-order chi connectivity index (χ0) is 13.8. The fraction of sp³-hybridized carbons (Fsp3) is 0.200. The van der Waals surface area contributed by atoms with Crippen LogP contribution >= 0.6 is 11.6 Å². The van der Waals surface area contributed by atoms with Gasteiger partial charge in [0.05, 0.1) is 11.4 Å². The topological polar surface area (TPSA) is 35.5 Å². The Morgan fingerprint density at radius 2 is 1.95 bits per heavy atom. The zero-order valence-corrected chi connectivity index (χ0v) is 11.8. The maximum atomic E-state index is 9.44. The first-order valence-electron chi connectivity index (χ1n) is 6.05. The molecular formula is C15H17ClN2O. The highest BCUT2D eigenvalue weighted by molar-refractivity contribution is 6.31. The molecule has 0 saturated carbocycles. The van der Waals surface area contributed by atoms with Crippen LogP contribution in [0.2, 0.25) is 5.02 Å². The number of hydrogen-bond donors (Lipinski definition) is 2. The fourth-order valence-corrected chi connectivity index (χ4v) is 2.08. The second-order valence-corrected chi connectivity index (χ2v) is 5.02. The molecule has 0 saturated heterocycles. The minimum atomic E-state index is 0.276. The van der Waals surface area contributed by atoms with Crippen LogP contribution in [0.4, 0.5) is 11.4 Å². The summed E-state index contributed by atoms with van der Waals surface area (Å²) in [5.74, 6) is 0.276. The third kappa shape index (κ3) is 3.55. The summed E-state index contributed by atoms with van der Waals surface area (Å²) in [6, 6.07) is 13.0. The average molecular weight is 277 g/mol. The number of aromatic hydroxyl groups is 1. The molecule has 0 bridgehead atoms. The van der Waals surface area contributed by atoms with Crippen LogP contribution in [0.25, 0.3) is 0 Å². The van der Waals surface area contributed by atoms with Gasteiger partial charge < -0.3 is 15.3 Å². The summed E-state index contributed by atoms with van der Waals surface area (Å²) in [4.78, 5) is 2.03. The van der Waals surface area contributed by atoms with E-state index in [0.717, 1.165) is 16.9 Å². The van der Waals surface area contributed by atoms with E-state index in [4.69, 9.17) is 11.6 Å². The van der Waals surface area contributed by atoms with E-state index >= 15 is 0 Å². The van der Waals surface area contributed by atoms with Crippen molar-refractivity contribution in [3.63, 3.8) is 0 Å². The van der Waals surface area contributed by atoms with Crippen LogP contribution in [0.3, 0.4) is 0 Å². The van der Waals surface area contributed by atoms with Crippen LogP contribution in [0.1, 0.15) is 5.56 Å². The minimum Gasteiger partial charge on any atom is -0.508 e. The van der Waals surface area contributed by atoms with E-state index < -0.39 is 0 Å². The maximum absolute atomic E-state index is 9.44. The van der Waals surface area contributed by atoms with Gasteiger partial charge in [0, 0.05) is 25.7 Å². The lowest BCUT2D eigenvalue weighted by Gasteiger charge is -2.19. The molecule has 0 atom stereocenters. The molecule has 19 heavy (non-hydrogen) atoms. The Morgan fingerprint density at radius 1 is 1.16 bits per heavy atom. The number of anilines is 2. The summed E-state index contributed by atoms with van der Waals surface area (Å²) < 4.78 is 0. The first kappa shape index (κ1) is 13.6. The number of nitrogens with one attached hydrogen (secondary N) is 1. The summed E-state index contributed by atoms with van der Waals surface area (Å²) in [7, 11) is 3.98. The first-order valence-corrected chi connectivity index (χ1v) is 6.43. The number of phenolic OH excluding ortho intramolecular Hbond substituents is 1. The fourth-order valence-electron chi connectivity index (χ4n) is 1.90. The molecular weight excluding hydrogens is 260 g/mol. The van der Waals surface area contributed by atoms with Crippen LogP contribution < -0.4 is 10.2 Å². The van der Waals surface area contributed by atoms with Gasteiger partial charge in [-0.25, -0.2) is 0 Å². The molecule has 0 radical (unpaired) electrons. The van der Waals surface area contributed by atoms with Gasteiger partial charge in [-0.15, -0.1) is 0 Å².